The number of likely N-dealkylation sites (tertiary alicyclic amines) is 1. The monoisotopic (exact) mass is 527 g/mol. The van der Waals surface area contributed by atoms with E-state index in [0.29, 0.717) is 19.5 Å². The van der Waals surface area contributed by atoms with Crippen molar-refractivity contribution in [2.45, 2.75) is 18.6 Å². The highest BCUT2D eigenvalue weighted by molar-refractivity contribution is 14.0. The van der Waals surface area contributed by atoms with E-state index in [9.17, 15) is 13.2 Å². The molecule has 1 atom stereocenters. The summed E-state index contributed by atoms with van der Waals surface area (Å²) in [5.41, 5.74) is 1.15. The van der Waals surface area contributed by atoms with E-state index >= 15 is 0 Å². The molecule has 1 aromatic carbocycles. The van der Waals surface area contributed by atoms with Gasteiger partial charge >= 0.3 is 6.18 Å². The molecule has 0 aromatic heterocycles. The summed E-state index contributed by atoms with van der Waals surface area (Å²) in [6.07, 6.45) is -3.45. The van der Waals surface area contributed by atoms with Crippen LogP contribution in [0, 0.1) is 0 Å². The number of halogens is 4. The predicted octanol–water partition coefficient (Wildman–Crippen LogP) is 2.65. The summed E-state index contributed by atoms with van der Waals surface area (Å²) in [5.74, 6) is 1.61. The Kier molecular flexibility index (Phi) is 8.68. The van der Waals surface area contributed by atoms with Crippen LogP contribution in [0.4, 0.5) is 18.9 Å². The molecule has 164 valence electrons. The summed E-state index contributed by atoms with van der Waals surface area (Å²) in [4.78, 5) is 10.3. The fraction of sp³-hybridized carbons (Fsp3) is 0.632. The van der Waals surface area contributed by atoms with Crippen molar-refractivity contribution in [2.75, 3.05) is 64.9 Å². The van der Waals surface area contributed by atoms with Crippen molar-refractivity contribution in [3.8, 4) is 5.75 Å². The topological polar surface area (TPSA) is 43.3 Å². The lowest BCUT2D eigenvalue weighted by atomic mass is 10.2. The van der Waals surface area contributed by atoms with E-state index < -0.39 is 12.7 Å². The number of anilines is 1. The molecule has 2 aliphatic heterocycles. The van der Waals surface area contributed by atoms with Crippen molar-refractivity contribution in [3.05, 3.63) is 24.3 Å². The molecule has 10 heteroatoms. The molecule has 1 aromatic rings. The van der Waals surface area contributed by atoms with Crippen molar-refractivity contribution < 1.29 is 17.9 Å². The SMILES string of the molecule is CN=C(NC1CCN(CC(F)(F)F)C1)N1CCN(c2ccc(OC)cc2)CC1.I. The number of alkyl halides is 3. The molecule has 0 spiro atoms. The molecule has 0 bridgehead atoms. The molecule has 2 heterocycles. The van der Waals surface area contributed by atoms with E-state index in [1.807, 2.05) is 12.1 Å². The minimum atomic E-state index is -4.14. The van der Waals surface area contributed by atoms with Crippen LogP contribution in [0.1, 0.15) is 6.42 Å². The first-order valence-electron chi connectivity index (χ1n) is 9.54. The minimum absolute atomic E-state index is 0. The Labute approximate surface area is 187 Å². The largest absolute Gasteiger partial charge is 0.497 e. The highest BCUT2D eigenvalue weighted by atomic mass is 127. The number of guanidine groups is 1. The zero-order valence-corrected chi connectivity index (χ0v) is 19.1. The number of ether oxygens (including phenoxy) is 1. The Morgan fingerprint density at radius 2 is 1.79 bits per heavy atom. The summed E-state index contributed by atoms with van der Waals surface area (Å²) in [7, 11) is 3.37. The summed E-state index contributed by atoms with van der Waals surface area (Å²) in [6.45, 7) is 3.35. The lowest BCUT2D eigenvalue weighted by molar-refractivity contribution is -0.143. The average Bonchev–Trinajstić information content (AvgIpc) is 3.11. The van der Waals surface area contributed by atoms with Gasteiger partial charge < -0.3 is 19.9 Å². The lowest BCUT2D eigenvalue weighted by Gasteiger charge is -2.38. The van der Waals surface area contributed by atoms with Gasteiger partial charge in [-0.2, -0.15) is 13.2 Å². The molecule has 2 fully saturated rings. The molecular formula is C19H29F3IN5O. The molecule has 1 N–H and O–H groups in total. The van der Waals surface area contributed by atoms with Gasteiger partial charge in [0.05, 0.1) is 13.7 Å². The molecular weight excluding hydrogens is 498 g/mol. The zero-order valence-electron chi connectivity index (χ0n) is 16.8. The van der Waals surface area contributed by atoms with Crippen LogP contribution < -0.4 is 15.0 Å². The standard InChI is InChI=1S/C19H28F3N5O.HI/c1-23-18(24-15-7-8-25(13-15)14-19(20,21)22)27-11-9-26(10-12-27)16-3-5-17(28-2)6-4-16;/h3-6,15H,7-14H2,1-2H3,(H,23,24);1H. The van der Waals surface area contributed by atoms with Crippen LogP contribution in [0.3, 0.4) is 0 Å². The van der Waals surface area contributed by atoms with Gasteiger partial charge in [0.1, 0.15) is 5.75 Å². The molecule has 3 rings (SSSR count). The maximum Gasteiger partial charge on any atom is 0.401 e. The van der Waals surface area contributed by atoms with Gasteiger partial charge in [-0.25, -0.2) is 0 Å². The van der Waals surface area contributed by atoms with Crippen molar-refractivity contribution in [2.24, 2.45) is 4.99 Å². The Morgan fingerprint density at radius 1 is 1.14 bits per heavy atom. The normalized spacial score (nSPS) is 21.1. The van der Waals surface area contributed by atoms with Gasteiger partial charge in [0.25, 0.3) is 0 Å². The zero-order chi connectivity index (χ0) is 20.1. The highest BCUT2D eigenvalue weighted by Gasteiger charge is 2.35. The van der Waals surface area contributed by atoms with Crippen LogP contribution >= 0.6 is 24.0 Å². The second kappa shape index (κ2) is 10.6. The Morgan fingerprint density at radius 3 is 2.34 bits per heavy atom. The molecule has 6 nitrogen and oxygen atoms in total. The minimum Gasteiger partial charge on any atom is -0.497 e. The predicted molar refractivity (Wildman–Crippen MR) is 120 cm³/mol. The van der Waals surface area contributed by atoms with Crippen molar-refractivity contribution in [3.63, 3.8) is 0 Å². The molecule has 2 aliphatic rings. The molecule has 2 saturated heterocycles. The first-order valence-corrected chi connectivity index (χ1v) is 9.54. The van der Waals surface area contributed by atoms with Gasteiger partial charge in [-0.3, -0.25) is 9.89 Å². The Bertz CT molecular complexity index is 663. The number of hydrogen-bond donors (Lipinski definition) is 1. The van der Waals surface area contributed by atoms with Gasteiger partial charge in [-0.1, -0.05) is 0 Å². The number of aliphatic imine (C=N–C) groups is 1. The molecule has 29 heavy (non-hydrogen) atoms. The summed E-state index contributed by atoms with van der Waals surface area (Å²) < 4.78 is 42.9. The summed E-state index contributed by atoms with van der Waals surface area (Å²) in [5, 5.41) is 3.35. The van der Waals surface area contributed by atoms with Crippen molar-refractivity contribution in [1.29, 1.82) is 0 Å². The van der Waals surface area contributed by atoms with Crippen LogP contribution in [-0.4, -0.2) is 87.9 Å². The van der Waals surface area contributed by atoms with Crippen LogP contribution in [0.15, 0.2) is 29.3 Å². The lowest BCUT2D eigenvalue weighted by Crippen LogP contribution is -2.54. The third-order valence-electron chi connectivity index (χ3n) is 5.24. The second-order valence-electron chi connectivity index (χ2n) is 7.20. The summed E-state index contributed by atoms with van der Waals surface area (Å²) >= 11 is 0. The maximum absolute atomic E-state index is 12.6. The molecule has 0 amide bonds. The highest BCUT2D eigenvalue weighted by Crippen LogP contribution is 2.22. The number of benzene rings is 1. The quantitative estimate of drug-likeness (QED) is 0.371. The Hall–Kier alpha value is -1.43. The number of hydrogen-bond acceptors (Lipinski definition) is 4. The number of rotatable bonds is 4. The second-order valence-corrected chi connectivity index (χ2v) is 7.20. The number of piperazine rings is 1. The van der Waals surface area contributed by atoms with Crippen LogP contribution in [0.25, 0.3) is 0 Å². The van der Waals surface area contributed by atoms with E-state index in [1.165, 1.54) is 4.90 Å². The first kappa shape index (κ1) is 23.8. The van der Waals surface area contributed by atoms with Crippen LogP contribution in [0.5, 0.6) is 5.75 Å². The van der Waals surface area contributed by atoms with E-state index in [0.717, 1.165) is 43.6 Å². The van der Waals surface area contributed by atoms with Crippen molar-refractivity contribution in [1.82, 2.24) is 15.1 Å². The van der Waals surface area contributed by atoms with Gasteiger partial charge in [-0.05, 0) is 30.7 Å². The van der Waals surface area contributed by atoms with Gasteiger partial charge in [0.2, 0.25) is 0 Å². The fourth-order valence-electron chi connectivity index (χ4n) is 3.80. The van der Waals surface area contributed by atoms with E-state index in [4.69, 9.17) is 4.74 Å². The smallest absolute Gasteiger partial charge is 0.401 e. The van der Waals surface area contributed by atoms with Gasteiger partial charge in [-0.15, -0.1) is 24.0 Å². The number of methoxy groups -OCH3 is 1. The van der Waals surface area contributed by atoms with E-state index in [2.05, 4.69) is 32.2 Å². The summed E-state index contributed by atoms with van der Waals surface area (Å²) in [6, 6.07) is 8.01. The van der Waals surface area contributed by atoms with Gasteiger partial charge in [0, 0.05) is 58.0 Å². The van der Waals surface area contributed by atoms with Crippen molar-refractivity contribution >= 4 is 35.6 Å². The molecule has 0 saturated carbocycles. The van der Waals surface area contributed by atoms with Crippen LogP contribution in [-0.2, 0) is 0 Å². The average molecular weight is 527 g/mol. The first-order chi connectivity index (χ1) is 13.4. The van der Waals surface area contributed by atoms with Gasteiger partial charge in [0.15, 0.2) is 5.96 Å². The molecule has 1 unspecified atom stereocenters. The third kappa shape index (κ3) is 6.80. The number of nitrogens with zero attached hydrogens (tertiary/aromatic N) is 4. The van der Waals surface area contributed by atoms with E-state index in [1.54, 1.807) is 14.2 Å². The van der Waals surface area contributed by atoms with E-state index in [-0.39, 0.29) is 30.0 Å². The Balaban J connectivity index is 0.00000300. The number of nitrogens with one attached hydrogen (secondary N) is 1. The third-order valence-corrected chi connectivity index (χ3v) is 5.24. The fourth-order valence-corrected chi connectivity index (χ4v) is 3.80. The molecule has 0 radical (unpaired) electrons. The molecule has 0 aliphatic carbocycles. The maximum atomic E-state index is 12.6. The van der Waals surface area contributed by atoms with Crippen LogP contribution in [0.2, 0.25) is 0 Å².